The zero-order valence-electron chi connectivity index (χ0n) is 12.2. The maximum atomic E-state index is 12.1. The van der Waals surface area contributed by atoms with Crippen LogP contribution in [0.5, 0.6) is 11.5 Å². The van der Waals surface area contributed by atoms with E-state index in [0.717, 1.165) is 11.4 Å². The van der Waals surface area contributed by atoms with Crippen LogP contribution in [0.4, 0.5) is 0 Å². The zero-order valence-corrected chi connectivity index (χ0v) is 12.2. The number of hydrogen-bond donors (Lipinski definition) is 2. The van der Waals surface area contributed by atoms with Crippen LogP contribution >= 0.6 is 0 Å². The first-order chi connectivity index (χ1) is 10.8. The van der Waals surface area contributed by atoms with Crippen molar-refractivity contribution in [2.24, 2.45) is 0 Å². The van der Waals surface area contributed by atoms with E-state index < -0.39 is 6.10 Å². The topological polar surface area (TPSA) is 85.5 Å². The summed E-state index contributed by atoms with van der Waals surface area (Å²) in [5.41, 5.74) is 1.59. The van der Waals surface area contributed by atoms with Crippen LogP contribution in [-0.4, -0.2) is 35.9 Å². The van der Waals surface area contributed by atoms with Crippen LogP contribution in [0.3, 0.4) is 0 Å². The second kappa shape index (κ2) is 6.48. The van der Waals surface area contributed by atoms with E-state index in [9.17, 15) is 4.79 Å². The average Bonchev–Trinajstić information content (AvgIpc) is 3.00. The van der Waals surface area contributed by atoms with Crippen LogP contribution in [0.2, 0.25) is 0 Å². The third-order valence-corrected chi connectivity index (χ3v) is 3.23. The van der Waals surface area contributed by atoms with Crippen LogP contribution in [0.25, 0.3) is 0 Å². The lowest BCUT2D eigenvalue weighted by molar-refractivity contribution is -0.130. The molecule has 22 heavy (non-hydrogen) atoms. The number of rotatable bonds is 5. The van der Waals surface area contributed by atoms with Crippen molar-refractivity contribution in [3.63, 3.8) is 0 Å². The van der Waals surface area contributed by atoms with Crippen LogP contribution in [0.15, 0.2) is 30.3 Å². The van der Waals surface area contributed by atoms with Crippen LogP contribution in [0, 0.1) is 0 Å². The van der Waals surface area contributed by atoms with Gasteiger partial charge in [-0.2, -0.15) is 5.10 Å². The van der Waals surface area contributed by atoms with Gasteiger partial charge in [0.2, 0.25) is 6.10 Å². The minimum atomic E-state index is -0.656. The van der Waals surface area contributed by atoms with Crippen molar-refractivity contribution in [1.29, 1.82) is 0 Å². The highest BCUT2D eigenvalue weighted by Gasteiger charge is 2.27. The van der Waals surface area contributed by atoms with E-state index in [1.165, 1.54) is 0 Å². The molecular formula is C15H17N3O4. The predicted molar refractivity (Wildman–Crippen MR) is 77.5 cm³/mol. The fourth-order valence-electron chi connectivity index (χ4n) is 2.17. The monoisotopic (exact) mass is 303 g/mol. The van der Waals surface area contributed by atoms with Gasteiger partial charge >= 0.3 is 0 Å². The van der Waals surface area contributed by atoms with Gasteiger partial charge in [-0.25, -0.2) is 0 Å². The maximum absolute atomic E-state index is 12.1. The highest BCUT2D eigenvalue weighted by Crippen LogP contribution is 2.30. The summed E-state index contributed by atoms with van der Waals surface area (Å²) in [5.74, 6) is 1.01. The fourth-order valence-corrected chi connectivity index (χ4v) is 2.17. The number of ether oxygens (including phenoxy) is 3. The number of H-pyrrole nitrogens is 1. The molecule has 0 saturated carbocycles. The van der Waals surface area contributed by atoms with E-state index >= 15 is 0 Å². The van der Waals surface area contributed by atoms with E-state index in [4.69, 9.17) is 14.2 Å². The summed E-state index contributed by atoms with van der Waals surface area (Å²) in [6, 6.07) is 9.13. The standard InChI is InChI=1S/C15H17N3O4/c1-20-8-11-6-10(17-18-11)7-16-15(19)14-9-21-12-4-2-3-5-13(12)22-14/h2-6,14H,7-9H2,1H3,(H,16,19)(H,17,18)/t14-/m0/s1. The molecule has 1 aromatic carbocycles. The molecule has 0 fully saturated rings. The third kappa shape index (κ3) is 3.20. The number of carbonyl (C=O) groups excluding carboxylic acids is 1. The second-order valence-electron chi connectivity index (χ2n) is 4.90. The number of aromatic nitrogens is 2. The van der Waals surface area contributed by atoms with Crippen molar-refractivity contribution in [3.05, 3.63) is 41.7 Å². The molecule has 1 aromatic heterocycles. The predicted octanol–water partition coefficient (Wildman–Crippen LogP) is 1.01. The number of para-hydroxylation sites is 2. The molecule has 2 aromatic rings. The van der Waals surface area contributed by atoms with Gasteiger partial charge in [0.1, 0.15) is 6.61 Å². The summed E-state index contributed by atoms with van der Waals surface area (Å²) in [6.45, 7) is 0.971. The molecular weight excluding hydrogens is 286 g/mol. The van der Waals surface area contributed by atoms with Crippen molar-refractivity contribution in [2.75, 3.05) is 13.7 Å². The highest BCUT2D eigenvalue weighted by atomic mass is 16.6. The second-order valence-corrected chi connectivity index (χ2v) is 4.90. The van der Waals surface area contributed by atoms with Gasteiger partial charge in [0.05, 0.1) is 24.5 Å². The molecule has 1 aliphatic heterocycles. The van der Waals surface area contributed by atoms with Crippen LogP contribution < -0.4 is 14.8 Å². The smallest absolute Gasteiger partial charge is 0.265 e. The van der Waals surface area contributed by atoms with Gasteiger partial charge in [0.25, 0.3) is 5.91 Å². The molecule has 0 spiro atoms. The number of benzene rings is 1. The Morgan fingerprint density at radius 1 is 1.45 bits per heavy atom. The van der Waals surface area contributed by atoms with Crippen molar-refractivity contribution in [2.45, 2.75) is 19.3 Å². The summed E-state index contributed by atoms with van der Waals surface area (Å²) < 4.78 is 16.2. The normalized spacial score (nSPS) is 16.3. The minimum Gasteiger partial charge on any atom is -0.485 e. The number of hydrogen-bond acceptors (Lipinski definition) is 5. The number of aromatic amines is 1. The Morgan fingerprint density at radius 2 is 2.27 bits per heavy atom. The Bertz CT molecular complexity index is 656. The molecule has 0 unspecified atom stereocenters. The largest absolute Gasteiger partial charge is 0.485 e. The first-order valence-corrected chi connectivity index (χ1v) is 6.94. The van der Waals surface area contributed by atoms with Crippen molar-refractivity contribution >= 4 is 5.91 Å². The summed E-state index contributed by atoms with van der Waals surface area (Å²) in [7, 11) is 1.61. The molecule has 1 atom stereocenters. The molecule has 0 bridgehead atoms. The Kier molecular flexibility index (Phi) is 4.24. The van der Waals surface area contributed by atoms with Crippen LogP contribution in [0.1, 0.15) is 11.4 Å². The van der Waals surface area contributed by atoms with E-state index in [1.54, 1.807) is 13.2 Å². The van der Waals surface area contributed by atoms with Gasteiger partial charge in [0.15, 0.2) is 11.5 Å². The SMILES string of the molecule is COCc1cc(CNC(=O)[C@@H]2COc3ccccc3O2)[nH]n1. The molecule has 0 aliphatic carbocycles. The van der Waals surface area contributed by atoms with Gasteiger partial charge in [-0.1, -0.05) is 12.1 Å². The quantitative estimate of drug-likeness (QED) is 0.861. The van der Waals surface area contributed by atoms with Gasteiger partial charge in [-0.3, -0.25) is 9.89 Å². The molecule has 2 N–H and O–H groups in total. The average molecular weight is 303 g/mol. The van der Waals surface area contributed by atoms with Gasteiger partial charge < -0.3 is 19.5 Å². The zero-order chi connectivity index (χ0) is 15.4. The van der Waals surface area contributed by atoms with Crippen molar-refractivity contribution in [3.8, 4) is 11.5 Å². The Labute approximate surface area is 127 Å². The lowest BCUT2D eigenvalue weighted by atomic mass is 10.2. The Balaban J connectivity index is 1.54. The van der Waals surface area contributed by atoms with E-state index in [1.807, 2.05) is 24.3 Å². The van der Waals surface area contributed by atoms with Crippen molar-refractivity contribution < 1.29 is 19.0 Å². The molecule has 1 amide bonds. The third-order valence-electron chi connectivity index (χ3n) is 3.23. The lowest BCUT2D eigenvalue weighted by Crippen LogP contribution is -2.43. The summed E-state index contributed by atoms with van der Waals surface area (Å²) in [5, 5.41) is 9.72. The first kappa shape index (κ1) is 14.4. The number of carbonyl (C=O) groups is 1. The fraction of sp³-hybridized carbons (Fsp3) is 0.333. The number of amides is 1. The maximum Gasteiger partial charge on any atom is 0.265 e. The molecule has 7 nitrogen and oxygen atoms in total. The van der Waals surface area contributed by atoms with Gasteiger partial charge in [-0.15, -0.1) is 0 Å². The minimum absolute atomic E-state index is 0.195. The molecule has 3 rings (SSSR count). The van der Waals surface area contributed by atoms with E-state index in [-0.39, 0.29) is 12.5 Å². The molecule has 116 valence electrons. The number of nitrogens with zero attached hydrogens (tertiary/aromatic N) is 1. The molecule has 0 radical (unpaired) electrons. The first-order valence-electron chi connectivity index (χ1n) is 6.94. The lowest BCUT2D eigenvalue weighted by Gasteiger charge is -2.25. The Morgan fingerprint density at radius 3 is 3.09 bits per heavy atom. The Hall–Kier alpha value is -2.54. The van der Waals surface area contributed by atoms with Crippen molar-refractivity contribution in [1.82, 2.24) is 15.5 Å². The van der Waals surface area contributed by atoms with E-state index in [2.05, 4.69) is 15.5 Å². The van der Waals surface area contributed by atoms with Gasteiger partial charge in [0, 0.05) is 7.11 Å². The summed E-state index contributed by atoms with van der Waals surface area (Å²) in [6.07, 6.45) is -0.656. The van der Waals surface area contributed by atoms with Gasteiger partial charge in [-0.05, 0) is 18.2 Å². The molecule has 7 heteroatoms. The highest BCUT2D eigenvalue weighted by molar-refractivity contribution is 5.81. The molecule has 1 aliphatic rings. The number of nitrogens with one attached hydrogen (secondary N) is 2. The number of methoxy groups -OCH3 is 1. The number of fused-ring (bicyclic) bond motifs is 1. The summed E-state index contributed by atoms with van der Waals surface area (Å²) in [4.78, 5) is 12.1. The van der Waals surface area contributed by atoms with Crippen LogP contribution in [-0.2, 0) is 22.7 Å². The molecule has 0 saturated heterocycles. The summed E-state index contributed by atoms with van der Waals surface area (Å²) >= 11 is 0. The molecule has 2 heterocycles. The van der Waals surface area contributed by atoms with E-state index in [0.29, 0.717) is 24.7 Å².